The molecule has 2 amide bonds. The molecule has 31 heavy (non-hydrogen) atoms. The maximum absolute atomic E-state index is 13.6. The number of pyridine rings is 1. The summed E-state index contributed by atoms with van der Waals surface area (Å²) in [6, 6.07) is 8.69. The van der Waals surface area contributed by atoms with Gasteiger partial charge in [-0.2, -0.15) is 0 Å². The zero-order valence-electron chi connectivity index (χ0n) is 17.6. The zero-order valence-corrected chi connectivity index (χ0v) is 18.4. The number of hydrogen-bond donors (Lipinski definition) is 1. The van der Waals surface area contributed by atoms with E-state index in [1.54, 1.807) is 23.8 Å². The van der Waals surface area contributed by atoms with Crippen LogP contribution in [0.3, 0.4) is 0 Å². The summed E-state index contributed by atoms with van der Waals surface area (Å²) in [6.07, 6.45) is 7.42. The summed E-state index contributed by atoms with van der Waals surface area (Å²) in [5, 5.41) is 8.75. The third-order valence-electron chi connectivity index (χ3n) is 5.62. The van der Waals surface area contributed by atoms with Gasteiger partial charge < -0.3 is 5.32 Å². The molecule has 1 saturated carbocycles. The van der Waals surface area contributed by atoms with Gasteiger partial charge in [0.1, 0.15) is 6.04 Å². The van der Waals surface area contributed by atoms with E-state index in [1.165, 1.54) is 4.90 Å². The number of aryl methyl sites for hydroxylation is 2. The first kappa shape index (κ1) is 21.1. The van der Waals surface area contributed by atoms with Crippen molar-refractivity contribution in [3.05, 3.63) is 70.5 Å². The molecule has 0 unspecified atom stereocenters. The van der Waals surface area contributed by atoms with Gasteiger partial charge in [0, 0.05) is 35.1 Å². The molecule has 7 nitrogen and oxygen atoms in total. The van der Waals surface area contributed by atoms with E-state index in [-0.39, 0.29) is 23.6 Å². The molecule has 160 valence electrons. The average Bonchev–Trinajstić information content (AvgIpc) is 3.47. The lowest BCUT2D eigenvalue weighted by molar-refractivity contribution is -0.123. The molecule has 0 saturated heterocycles. The Morgan fingerprint density at radius 3 is 2.65 bits per heavy atom. The number of benzene rings is 1. The van der Waals surface area contributed by atoms with Gasteiger partial charge in [-0.3, -0.25) is 19.5 Å². The Morgan fingerprint density at radius 1 is 1.19 bits per heavy atom. The van der Waals surface area contributed by atoms with Gasteiger partial charge in [-0.1, -0.05) is 41.1 Å². The number of rotatable bonds is 6. The lowest BCUT2D eigenvalue weighted by atomic mass is 10.0. The normalized spacial score (nSPS) is 14.9. The second-order valence-corrected chi connectivity index (χ2v) is 8.54. The molecule has 8 heteroatoms. The largest absolute Gasteiger partial charge is 0.351 e. The Labute approximate surface area is 185 Å². The number of amides is 2. The second-order valence-electron chi connectivity index (χ2n) is 7.93. The van der Waals surface area contributed by atoms with E-state index in [0.717, 1.165) is 48.3 Å². The van der Waals surface area contributed by atoms with Crippen LogP contribution in [-0.4, -0.2) is 32.4 Å². The number of nitrogens with zero attached hydrogens (tertiary/aromatic N) is 4. The Morgan fingerprint density at radius 2 is 2.00 bits per heavy atom. The van der Waals surface area contributed by atoms with E-state index < -0.39 is 6.04 Å². The average molecular weight is 436 g/mol. The van der Waals surface area contributed by atoms with Crippen LogP contribution in [0, 0.1) is 13.8 Å². The number of carbonyl (C=O) groups excluding carboxylic acids is 2. The van der Waals surface area contributed by atoms with Gasteiger partial charge in [0.15, 0.2) is 5.69 Å². The molecule has 1 aromatic carbocycles. The first-order valence-corrected chi connectivity index (χ1v) is 11.3. The highest BCUT2D eigenvalue weighted by atomic mass is 32.1. The minimum atomic E-state index is -0.870. The molecule has 0 aliphatic heterocycles. The van der Waals surface area contributed by atoms with Crippen molar-refractivity contribution in [2.75, 3.05) is 4.90 Å². The van der Waals surface area contributed by atoms with E-state index in [0.29, 0.717) is 11.3 Å². The summed E-state index contributed by atoms with van der Waals surface area (Å²) in [7, 11) is 0. The van der Waals surface area contributed by atoms with E-state index in [4.69, 9.17) is 0 Å². The zero-order chi connectivity index (χ0) is 21.8. The quantitative estimate of drug-likeness (QED) is 0.632. The molecular weight excluding hydrogens is 410 g/mol. The van der Waals surface area contributed by atoms with Crippen molar-refractivity contribution in [3.8, 4) is 0 Å². The van der Waals surface area contributed by atoms with E-state index >= 15 is 0 Å². The topological polar surface area (TPSA) is 88.1 Å². The van der Waals surface area contributed by atoms with Crippen molar-refractivity contribution in [1.29, 1.82) is 0 Å². The fraction of sp³-hybridized carbons (Fsp3) is 0.348. The molecule has 4 rings (SSSR count). The SMILES string of the molecule is Cc1ccc(N(C(=O)c2csnn2)[C@@H](C(=O)NC2CCCC2)c2cccnc2)c(C)c1. The predicted octanol–water partition coefficient (Wildman–Crippen LogP) is 4.00. The molecular formula is C23H25N5O2S. The van der Waals surface area contributed by atoms with Gasteiger partial charge in [-0.25, -0.2) is 0 Å². The van der Waals surface area contributed by atoms with Crippen molar-refractivity contribution in [1.82, 2.24) is 19.9 Å². The summed E-state index contributed by atoms with van der Waals surface area (Å²) in [5.41, 5.74) is 3.51. The molecule has 1 fully saturated rings. The van der Waals surface area contributed by atoms with Crippen LogP contribution in [0.4, 0.5) is 5.69 Å². The van der Waals surface area contributed by atoms with Gasteiger partial charge >= 0.3 is 0 Å². The molecule has 1 atom stereocenters. The lowest BCUT2D eigenvalue weighted by Crippen LogP contribution is -2.46. The first-order valence-electron chi connectivity index (χ1n) is 10.4. The maximum Gasteiger partial charge on any atom is 0.280 e. The lowest BCUT2D eigenvalue weighted by Gasteiger charge is -2.32. The number of nitrogens with one attached hydrogen (secondary N) is 1. The smallest absolute Gasteiger partial charge is 0.280 e. The van der Waals surface area contributed by atoms with Crippen LogP contribution in [0.2, 0.25) is 0 Å². The minimum Gasteiger partial charge on any atom is -0.351 e. The summed E-state index contributed by atoms with van der Waals surface area (Å²) >= 11 is 1.11. The summed E-state index contributed by atoms with van der Waals surface area (Å²) in [4.78, 5) is 33.0. The van der Waals surface area contributed by atoms with Gasteiger partial charge in [0.2, 0.25) is 5.91 Å². The fourth-order valence-corrected chi connectivity index (χ4v) is 4.56. The van der Waals surface area contributed by atoms with E-state index in [9.17, 15) is 9.59 Å². The predicted molar refractivity (Wildman–Crippen MR) is 120 cm³/mol. The Hall–Kier alpha value is -3.13. The summed E-state index contributed by atoms with van der Waals surface area (Å²) in [6.45, 7) is 3.94. The fourth-order valence-electron chi connectivity index (χ4n) is 4.13. The van der Waals surface area contributed by atoms with Crippen molar-refractivity contribution in [2.45, 2.75) is 51.6 Å². The van der Waals surface area contributed by atoms with Gasteiger partial charge in [0.05, 0.1) is 0 Å². The van der Waals surface area contributed by atoms with Gasteiger partial charge in [-0.15, -0.1) is 5.10 Å². The number of hydrogen-bond acceptors (Lipinski definition) is 6. The molecule has 1 aliphatic carbocycles. The molecule has 0 radical (unpaired) electrons. The molecule has 3 aromatic rings. The van der Waals surface area contributed by atoms with Crippen LogP contribution in [-0.2, 0) is 4.79 Å². The van der Waals surface area contributed by atoms with Crippen molar-refractivity contribution in [2.24, 2.45) is 0 Å². The molecule has 0 bridgehead atoms. The van der Waals surface area contributed by atoms with Crippen LogP contribution in [0.25, 0.3) is 0 Å². The first-order chi connectivity index (χ1) is 15.0. The molecule has 2 aromatic heterocycles. The Kier molecular flexibility index (Phi) is 6.36. The van der Waals surface area contributed by atoms with E-state index in [1.807, 2.05) is 38.1 Å². The summed E-state index contributed by atoms with van der Waals surface area (Å²) in [5.74, 6) is -0.576. The highest BCUT2D eigenvalue weighted by Crippen LogP contribution is 2.33. The number of anilines is 1. The Bertz CT molecular complexity index is 1050. The van der Waals surface area contributed by atoms with Crippen molar-refractivity contribution >= 4 is 29.0 Å². The van der Waals surface area contributed by atoms with Crippen LogP contribution in [0.5, 0.6) is 0 Å². The standard InChI is InChI=1S/C23H25N5O2S/c1-15-9-10-20(16(2)12-15)28(23(30)19-14-31-27-26-19)21(17-6-5-11-24-13-17)22(29)25-18-7-3-4-8-18/h5-6,9-14,18,21H,3-4,7-8H2,1-2H3,(H,25,29)/t21-/m1/s1. The third-order valence-corrected chi connectivity index (χ3v) is 6.12. The third kappa shape index (κ3) is 4.64. The van der Waals surface area contributed by atoms with Crippen LogP contribution >= 0.6 is 11.5 Å². The number of carbonyl (C=O) groups is 2. The van der Waals surface area contributed by atoms with E-state index in [2.05, 4.69) is 19.9 Å². The summed E-state index contributed by atoms with van der Waals surface area (Å²) < 4.78 is 3.85. The molecule has 0 spiro atoms. The minimum absolute atomic E-state index is 0.128. The van der Waals surface area contributed by atoms with Crippen molar-refractivity contribution in [3.63, 3.8) is 0 Å². The van der Waals surface area contributed by atoms with Crippen LogP contribution < -0.4 is 10.2 Å². The van der Waals surface area contributed by atoms with Crippen LogP contribution in [0.1, 0.15) is 58.9 Å². The molecule has 2 heterocycles. The highest BCUT2D eigenvalue weighted by Gasteiger charge is 2.36. The van der Waals surface area contributed by atoms with Gasteiger partial charge in [-0.05, 0) is 55.9 Å². The van der Waals surface area contributed by atoms with Crippen molar-refractivity contribution < 1.29 is 9.59 Å². The Balaban J connectivity index is 1.82. The molecule has 1 aliphatic rings. The highest BCUT2D eigenvalue weighted by molar-refractivity contribution is 7.03. The maximum atomic E-state index is 13.6. The number of aromatic nitrogens is 3. The van der Waals surface area contributed by atoms with Gasteiger partial charge in [0.25, 0.3) is 5.91 Å². The van der Waals surface area contributed by atoms with Crippen LogP contribution in [0.15, 0.2) is 48.1 Å². The molecule has 1 N–H and O–H groups in total. The monoisotopic (exact) mass is 435 g/mol. The second kappa shape index (κ2) is 9.34.